The van der Waals surface area contributed by atoms with Crippen LogP contribution in [0.3, 0.4) is 0 Å². The van der Waals surface area contributed by atoms with Crippen molar-refractivity contribution >= 4 is 23.5 Å². The Morgan fingerprint density at radius 3 is 2.15 bits per heavy atom. The van der Waals surface area contributed by atoms with E-state index in [1.54, 1.807) is 4.90 Å². The van der Waals surface area contributed by atoms with Crippen molar-refractivity contribution in [1.82, 2.24) is 0 Å². The van der Waals surface area contributed by atoms with Gasteiger partial charge in [0, 0.05) is 5.69 Å². The first-order valence-electron chi connectivity index (χ1n) is 8.78. The summed E-state index contributed by atoms with van der Waals surface area (Å²) in [5, 5.41) is 3.54. The van der Waals surface area contributed by atoms with Gasteiger partial charge in [-0.25, -0.2) is 0 Å². The van der Waals surface area contributed by atoms with Gasteiger partial charge in [0.25, 0.3) is 0 Å². The minimum Gasteiger partial charge on any atom is -0.353 e. The molecule has 0 fully saturated rings. The lowest BCUT2D eigenvalue weighted by molar-refractivity contribution is -0.107. The van der Waals surface area contributed by atoms with E-state index in [4.69, 9.17) is 0 Å². The zero-order valence-corrected chi connectivity index (χ0v) is 15.5. The highest BCUT2D eigenvalue weighted by Crippen LogP contribution is 2.32. The van der Waals surface area contributed by atoms with Crippen molar-refractivity contribution in [3.63, 3.8) is 0 Å². The first kappa shape index (κ1) is 17.7. The van der Waals surface area contributed by atoms with Crippen molar-refractivity contribution in [2.75, 3.05) is 10.2 Å². The Kier molecular flexibility index (Phi) is 5.37. The number of amides is 1. The lowest BCUT2D eigenvalue weighted by Gasteiger charge is -2.23. The lowest BCUT2D eigenvalue weighted by Crippen LogP contribution is -2.21. The highest BCUT2D eigenvalue weighted by atomic mass is 16.1. The van der Waals surface area contributed by atoms with E-state index in [0.29, 0.717) is 6.54 Å². The van der Waals surface area contributed by atoms with Gasteiger partial charge in [-0.3, -0.25) is 4.79 Å². The maximum atomic E-state index is 11.8. The van der Waals surface area contributed by atoms with Crippen molar-refractivity contribution < 1.29 is 4.79 Å². The molecule has 0 unspecified atom stereocenters. The highest BCUT2D eigenvalue weighted by molar-refractivity contribution is 5.86. The second-order valence-corrected chi connectivity index (χ2v) is 6.63. The van der Waals surface area contributed by atoms with E-state index >= 15 is 0 Å². The van der Waals surface area contributed by atoms with E-state index < -0.39 is 0 Å². The predicted molar refractivity (Wildman–Crippen MR) is 109 cm³/mol. The number of hydrogen-bond donors (Lipinski definition) is 1. The molecular weight excluding hydrogens is 320 g/mol. The van der Waals surface area contributed by atoms with Crippen molar-refractivity contribution in [2.45, 2.75) is 27.3 Å². The molecule has 3 heteroatoms. The van der Waals surface area contributed by atoms with Gasteiger partial charge in [0.2, 0.25) is 6.41 Å². The number of hydrogen-bond acceptors (Lipinski definition) is 2. The molecule has 0 aromatic heterocycles. The average molecular weight is 344 g/mol. The van der Waals surface area contributed by atoms with Crippen LogP contribution in [0, 0.1) is 20.8 Å². The molecule has 0 atom stereocenters. The number of aryl methyl sites for hydroxylation is 3. The summed E-state index contributed by atoms with van der Waals surface area (Å²) < 4.78 is 0. The van der Waals surface area contributed by atoms with Crippen LogP contribution < -0.4 is 10.2 Å². The van der Waals surface area contributed by atoms with Gasteiger partial charge in [-0.2, -0.15) is 0 Å². The van der Waals surface area contributed by atoms with Gasteiger partial charge < -0.3 is 10.2 Å². The molecule has 0 heterocycles. The fourth-order valence-corrected chi connectivity index (χ4v) is 3.30. The van der Waals surface area contributed by atoms with Crippen LogP contribution in [-0.2, 0) is 11.3 Å². The van der Waals surface area contributed by atoms with Gasteiger partial charge in [-0.1, -0.05) is 60.2 Å². The van der Waals surface area contributed by atoms with E-state index in [1.807, 2.05) is 54.6 Å². The zero-order chi connectivity index (χ0) is 18.5. The van der Waals surface area contributed by atoms with Crippen molar-refractivity contribution in [3.8, 4) is 0 Å². The molecule has 0 aliphatic heterocycles. The monoisotopic (exact) mass is 344 g/mol. The number of carbonyl (C=O) groups excluding carboxylic acids is 1. The summed E-state index contributed by atoms with van der Waals surface area (Å²) in [5.74, 6) is 0. The minimum atomic E-state index is 0.537. The Morgan fingerprint density at radius 1 is 0.885 bits per heavy atom. The summed E-state index contributed by atoms with van der Waals surface area (Å²) >= 11 is 0. The van der Waals surface area contributed by atoms with Gasteiger partial charge in [0.1, 0.15) is 0 Å². The molecule has 26 heavy (non-hydrogen) atoms. The van der Waals surface area contributed by atoms with Crippen LogP contribution in [0.25, 0.3) is 0 Å². The Balaban J connectivity index is 1.94. The summed E-state index contributed by atoms with van der Waals surface area (Å²) in [6, 6.07) is 22.3. The first-order valence-corrected chi connectivity index (χ1v) is 8.78. The molecule has 0 aliphatic carbocycles. The molecular formula is C23H24N2O. The molecule has 132 valence electrons. The van der Waals surface area contributed by atoms with E-state index in [2.05, 4.69) is 38.2 Å². The number of anilines is 3. The number of nitrogens with one attached hydrogen (secondary N) is 1. The van der Waals surface area contributed by atoms with E-state index in [1.165, 1.54) is 16.7 Å². The van der Waals surface area contributed by atoms with Gasteiger partial charge in [-0.15, -0.1) is 0 Å². The fraction of sp³-hybridized carbons (Fsp3) is 0.174. The van der Waals surface area contributed by atoms with E-state index in [0.717, 1.165) is 29.0 Å². The topological polar surface area (TPSA) is 32.3 Å². The second kappa shape index (κ2) is 7.87. The number of nitrogens with zero attached hydrogens (tertiary/aromatic N) is 1. The third-order valence-electron chi connectivity index (χ3n) is 4.47. The maximum Gasteiger partial charge on any atom is 0.214 e. The lowest BCUT2D eigenvalue weighted by atomic mass is 10.0. The normalized spacial score (nSPS) is 10.4. The number of rotatable bonds is 6. The van der Waals surface area contributed by atoms with Crippen LogP contribution in [0.1, 0.15) is 22.3 Å². The summed E-state index contributed by atoms with van der Waals surface area (Å²) in [4.78, 5) is 13.5. The zero-order valence-electron chi connectivity index (χ0n) is 15.5. The molecule has 0 saturated heterocycles. The quantitative estimate of drug-likeness (QED) is 0.597. The molecule has 3 aromatic carbocycles. The molecule has 3 aromatic rings. The Morgan fingerprint density at radius 2 is 1.50 bits per heavy atom. The number of carbonyl (C=O) groups is 1. The molecule has 3 rings (SSSR count). The Hall–Kier alpha value is -3.07. The van der Waals surface area contributed by atoms with Crippen LogP contribution in [0.5, 0.6) is 0 Å². The molecule has 1 N–H and O–H groups in total. The van der Waals surface area contributed by atoms with Gasteiger partial charge in [-0.05, 0) is 49.6 Å². The molecule has 0 spiro atoms. The third kappa shape index (κ3) is 3.94. The van der Waals surface area contributed by atoms with Crippen molar-refractivity contribution in [2.24, 2.45) is 0 Å². The van der Waals surface area contributed by atoms with Crippen LogP contribution in [-0.4, -0.2) is 6.41 Å². The minimum absolute atomic E-state index is 0.537. The van der Waals surface area contributed by atoms with Crippen LogP contribution in [0.4, 0.5) is 17.1 Å². The van der Waals surface area contributed by atoms with Gasteiger partial charge >= 0.3 is 0 Å². The van der Waals surface area contributed by atoms with E-state index in [9.17, 15) is 4.79 Å². The van der Waals surface area contributed by atoms with Crippen molar-refractivity contribution in [3.05, 3.63) is 89.0 Å². The SMILES string of the molecule is Cc1cc(C)c(Nc2ccccc2N(C=O)Cc2ccccc2)c(C)c1. The van der Waals surface area contributed by atoms with Gasteiger partial charge in [0.15, 0.2) is 0 Å². The van der Waals surface area contributed by atoms with Crippen molar-refractivity contribution in [1.29, 1.82) is 0 Å². The standard InChI is InChI=1S/C23H24N2O/c1-17-13-18(2)23(19(3)14-17)24-21-11-7-8-12-22(21)25(16-26)15-20-9-5-4-6-10-20/h4-14,16,24H,15H2,1-3H3. The molecule has 0 radical (unpaired) electrons. The fourth-order valence-electron chi connectivity index (χ4n) is 3.30. The Bertz CT molecular complexity index is 880. The first-order chi connectivity index (χ1) is 12.6. The summed E-state index contributed by atoms with van der Waals surface area (Å²) in [6.07, 6.45) is 0.891. The predicted octanol–water partition coefficient (Wildman–Crippen LogP) is 5.52. The third-order valence-corrected chi connectivity index (χ3v) is 4.47. The van der Waals surface area contributed by atoms with Crippen LogP contribution in [0.2, 0.25) is 0 Å². The molecule has 3 nitrogen and oxygen atoms in total. The van der Waals surface area contributed by atoms with Gasteiger partial charge in [0.05, 0.1) is 17.9 Å². The highest BCUT2D eigenvalue weighted by Gasteiger charge is 2.13. The number of para-hydroxylation sites is 2. The smallest absolute Gasteiger partial charge is 0.214 e. The average Bonchev–Trinajstić information content (AvgIpc) is 2.64. The Labute approximate surface area is 155 Å². The summed E-state index contributed by atoms with van der Waals surface area (Å²) in [5.41, 5.74) is 7.61. The maximum absolute atomic E-state index is 11.8. The van der Waals surface area contributed by atoms with Crippen LogP contribution >= 0.6 is 0 Å². The van der Waals surface area contributed by atoms with Crippen LogP contribution in [0.15, 0.2) is 66.7 Å². The molecule has 1 amide bonds. The second-order valence-electron chi connectivity index (χ2n) is 6.63. The molecule has 0 bridgehead atoms. The van der Waals surface area contributed by atoms with E-state index in [-0.39, 0.29) is 0 Å². The summed E-state index contributed by atoms with van der Waals surface area (Å²) in [6.45, 7) is 6.85. The molecule has 0 aliphatic rings. The number of benzene rings is 3. The largest absolute Gasteiger partial charge is 0.353 e. The summed E-state index contributed by atoms with van der Waals surface area (Å²) in [7, 11) is 0. The molecule has 0 saturated carbocycles.